The zero-order valence-corrected chi connectivity index (χ0v) is 19.0. The van der Waals surface area contributed by atoms with Crippen LogP contribution in [0.15, 0.2) is 57.4 Å². The highest BCUT2D eigenvalue weighted by molar-refractivity contribution is 5.96. The Bertz CT molecular complexity index is 1300. The molecule has 2 aromatic carbocycles. The van der Waals surface area contributed by atoms with Crippen LogP contribution in [0.5, 0.6) is 0 Å². The van der Waals surface area contributed by atoms with E-state index in [9.17, 15) is 9.59 Å². The lowest BCUT2D eigenvalue weighted by atomic mass is 9.85. The van der Waals surface area contributed by atoms with Crippen LogP contribution in [-0.2, 0) is 22.6 Å². The zero-order valence-electron chi connectivity index (χ0n) is 19.0. The van der Waals surface area contributed by atoms with Gasteiger partial charge in [-0.1, -0.05) is 30.7 Å². The smallest absolute Gasteiger partial charge is 0.228 e. The molecule has 1 aliphatic rings. The Morgan fingerprint density at radius 3 is 2.62 bits per heavy atom. The van der Waals surface area contributed by atoms with Crippen molar-refractivity contribution in [3.05, 3.63) is 65.9 Å². The lowest BCUT2D eigenvalue weighted by molar-refractivity contribution is -0.122. The van der Waals surface area contributed by atoms with E-state index in [2.05, 4.69) is 20.6 Å². The molecule has 8 nitrogen and oxygen atoms in total. The van der Waals surface area contributed by atoms with Crippen molar-refractivity contribution in [1.29, 1.82) is 0 Å². The second-order valence-electron chi connectivity index (χ2n) is 8.54. The van der Waals surface area contributed by atoms with Gasteiger partial charge in [-0.2, -0.15) is 0 Å². The van der Waals surface area contributed by atoms with Crippen molar-refractivity contribution in [3.63, 3.8) is 0 Å². The highest BCUT2D eigenvalue weighted by Crippen LogP contribution is 2.32. The largest absolute Gasteiger partial charge is 0.441 e. The predicted octanol–water partition coefficient (Wildman–Crippen LogP) is 4.78. The molecule has 0 atom stereocenters. The van der Waals surface area contributed by atoms with Crippen LogP contribution in [-0.4, -0.2) is 21.8 Å². The van der Waals surface area contributed by atoms with Gasteiger partial charge in [-0.05, 0) is 44.0 Å². The topological polar surface area (TPSA) is 110 Å². The summed E-state index contributed by atoms with van der Waals surface area (Å²) >= 11 is 0. The molecule has 0 saturated heterocycles. The molecule has 34 heavy (non-hydrogen) atoms. The third-order valence-corrected chi connectivity index (χ3v) is 6.14. The van der Waals surface area contributed by atoms with Gasteiger partial charge in [0.2, 0.25) is 17.7 Å². The Morgan fingerprint density at radius 1 is 1.03 bits per heavy atom. The number of carbonyl (C=O) groups excluding carboxylic acids is 2. The number of nitrogens with one attached hydrogen (secondary N) is 2. The summed E-state index contributed by atoms with van der Waals surface area (Å²) in [6.45, 7) is 2.06. The van der Waals surface area contributed by atoms with E-state index in [0.717, 1.165) is 24.8 Å². The number of hydrogen-bond acceptors (Lipinski definition) is 6. The summed E-state index contributed by atoms with van der Waals surface area (Å²) < 4.78 is 11.5. The van der Waals surface area contributed by atoms with Gasteiger partial charge in [0.25, 0.3) is 0 Å². The molecule has 1 saturated carbocycles. The lowest BCUT2D eigenvalue weighted by Gasteiger charge is -2.24. The number of anilines is 1. The number of oxazole rings is 2. The van der Waals surface area contributed by atoms with Crippen molar-refractivity contribution in [2.24, 2.45) is 5.92 Å². The molecule has 2 aromatic heterocycles. The molecule has 0 aliphatic heterocycles. The quantitative estimate of drug-likeness (QED) is 0.393. The van der Waals surface area contributed by atoms with Crippen LogP contribution in [0, 0.1) is 12.8 Å². The highest BCUT2D eigenvalue weighted by atomic mass is 16.4. The van der Waals surface area contributed by atoms with Crippen LogP contribution in [0.3, 0.4) is 0 Å². The number of para-hydroxylation sites is 3. The summed E-state index contributed by atoms with van der Waals surface area (Å²) in [5.41, 5.74) is 3.53. The summed E-state index contributed by atoms with van der Waals surface area (Å²) in [7, 11) is 0. The first-order valence-electron chi connectivity index (χ1n) is 11.5. The summed E-state index contributed by atoms with van der Waals surface area (Å²) in [5, 5.41) is 5.89. The molecule has 1 aliphatic carbocycles. The number of rotatable bonds is 8. The molecule has 2 heterocycles. The van der Waals surface area contributed by atoms with Gasteiger partial charge in [-0.15, -0.1) is 0 Å². The fourth-order valence-corrected chi connectivity index (χ4v) is 3.91. The maximum atomic E-state index is 12.4. The number of aromatic nitrogens is 2. The second-order valence-corrected chi connectivity index (χ2v) is 8.54. The van der Waals surface area contributed by atoms with Crippen molar-refractivity contribution < 1.29 is 18.4 Å². The Balaban J connectivity index is 1.20. The minimum Gasteiger partial charge on any atom is -0.441 e. The Labute approximate surface area is 196 Å². The van der Waals surface area contributed by atoms with Gasteiger partial charge in [-0.3, -0.25) is 9.59 Å². The van der Waals surface area contributed by atoms with E-state index in [1.54, 1.807) is 0 Å². The minimum absolute atomic E-state index is 0.0356. The first-order chi connectivity index (χ1) is 16.6. The van der Waals surface area contributed by atoms with Gasteiger partial charge in [0, 0.05) is 18.8 Å². The van der Waals surface area contributed by atoms with Gasteiger partial charge >= 0.3 is 0 Å². The Hall–Kier alpha value is -3.94. The van der Waals surface area contributed by atoms with Crippen LogP contribution in [0.1, 0.15) is 43.0 Å². The summed E-state index contributed by atoms with van der Waals surface area (Å²) in [4.78, 5) is 33.8. The van der Waals surface area contributed by atoms with Crippen LogP contribution >= 0.6 is 0 Å². The summed E-state index contributed by atoms with van der Waals surface area (Å²) in [5.74, 6) is 1.57. The highest BCUT2D eigenvalue weighted by Gasteiger charge is 2.26. The van der Waals surface area contributed by atoms with Gasteiger partial charge in [0.1, 0.15) is 17.0 Å². The van der Waals surface area contributed by atoms with Crippen LogP contribution in [0.25, 0.3) is 22.6 Å². The maximum Gasteiger partial charge on any atom is 0.228 e. The molecular weight excluding hydrogens is 432 g/mol. The van der Waals surface area contributed by atoms with Gasteiger partial charge in [-0.25, -0.2) is 9.97 Å². The van der Waals surface area contributed by atoms with Gasteiger partial charge < -0.3 is 19.5 Å². The SMILES string of the molecule is Cc1oc(-c2ccccc2NC(=O)C2CCC2)nc1CNC(=O)CCc1nc2ccccc2o1. The number of nitrogens with zero attached hydrogens (tertiary/aromatic N) is 2. The van der Waals surface area contributed by atoms with Crippen molar-refractivity contribution in [3.8, 4) is 11.5 Å². The summed E-state index contributed by atoms with van der Waals surface area (Å²) in [6, 6.07) is 15.0. The summed E-state index contributed by atoms with van der Waals surface area (Å²) in [6.07, 6.45) is 3.64. The number of fused-ring (bicyclic) bond motifs is 1. The molecule has 0 unspecified atom stereocenters. The zero-order chi connectivity index (χ0) is 23.5. The molecule has 2 N–H and O–H groups in total. The number of carbonyl (C=O) groups is 2. The van der Waals surface area contributed by atoms with Crippen molar-refractivity contribution in [1.82, 2.24) is 15.3 Å². The third kappa shape index (κ3) is 4.71. The third-order valence-electron chi connectivity index (χ3n) is 6.14. The first kappa shape index (κ1) is 21.9. The lowest BCUT2D eigenvalue weighted by Crippen LogP contribution is -2.28. The van der Waals surface area contributed by atoms with E-state index in [1.165, 1.54) is 0 Å². The molecule has 174 valence electrons. The van der Waals surface area contributed by atoms with Crippen LogP contribution < -0.4 is 10.6 Å². The molecule has 4 aromatic rings. The maximum absolute atomic E-state index is 12.4. The number of benzene rings is 2. The molecule has 1 fully saturated rings. The molecule has 8 heteroatoms. The number of amides is 2. The molecule has 0 bridgehead atoms. The van der Waals surface area contributed by atoms with E-state index in [-0.39, 0.29) is 30.7 Å². The second kappa shape index (κ2) is 9.51. The minimum atomic E-state index is -0.126. The van der Waals surface area contributed by atoms with E-state index in [1.807, 2.05) is 55.5 Å². The van der Waals surface area contributed by atoms with Crippen molar-refractivity contribution >= 4 is 28.6 Å². The predicted molar refractivity (Wildman–Crippen MR) is 127 cm³/mol. The van der Waals surface area contributed by atoms with Crippen LogP contribution in [0.4, 0.5) is 5.69 Å². The van der Waals surface area contributed by atoms with Crippen molar-refractivity contribution in [2.75, 3.05) is 5.32 Å². The number of aryl methyl sites for hydroxylation is 2. The van der Waals surface area contributed by atoms with Crippen LogP contribution in [0.2, 0.25) is 0 Å². The Morgan fingerprint density at radius 2 is 1.82 bits per heavy atom. The average molecular weight is 459 g/mol. The van der Waals surface area contributed by atoms with E-state index in [0.29, 0.717) is 46.5 Å². The first-order valence-corrected chi connectivity index (χ1v) is 11.5. The molecule has 0 spiro atoms. The van der Waals surface area contributed by atoms with Crippen molar-refractivity contribution in [2.45, 2.75) is 45.6 Å². The monoisotopic (exact) mass is 458 g/mol. The van der Waals surface area contributed by atoms with E-state index >= 15 is 0 Å². The fraction of sp³-hybridized carbons (Fsp3) is 0.308. The van der Waals surface area contributed by atoms with E-state index in [4.69, 9.17) is 8.83 Å². The van der Waals surface area contributed by atoms with Gasteiger partial charge in [0.05, 0.1) is 17.8 Å². The molecular formula is C26H26N4O4. The Kier molecular flexibility index (Phi) is 6.12. The molecule has 5 rings (SSSR count). The van der Waals surface area contributed by atoms with E-state index < -0.39 is 0 Å². The standard InChI is InChI=1S/C26H26N4O4/c1-16-21(15-27-23(31)13-14-24-28-20-11-4-5-12-22(20)34-24)30-26(33-16)18-9-2-3-10-19(18)29-25(32)17-7-6-8-17/h2-5,9-12,17H,6-8,13-15H2,1H3,(H,27,31)(H,29,32). The molecule has 2 amide bonds. The molecule has 0 radical (unpaired) electrons. The number of hydrogen-bond donors (Lipinski definition) is 2. The van der Waals surface area contributed by atoms with Gasteiger partial charge in [0.15, 0.2) is 11.5 Å². The fourth-order valence-electron chi connectivity index (χ4n) is 3.91. The normalized spacial score (nSPS) is 13.6. The average Bonchev–Trinajstić information content (AvgIpc) is 3.38.